The number of anilines is 1. The van der Waals surface area contributed by atoms with Crippen LogP contribution in [-0.2, 0) is 11.3 Å². The number of nitrogens with one attached hydrogen (secondary N) is 2. The van der Waals surface area contributed by atoms with E-state index in [9.17, 15) is 4.79 Å². The molecule has 120 valence electrons. The lowest BCUT2D eigenvalue weighted by atomic mass is 10.2. The molecule has 2 aromatic rings. The van der Waals surface area contributed by atoms with E-state index in [2.05, 4.69) is 10.6 Å². The highest BCUT2D eigenvalue weighted by molar-refractivity contribution is 7.80. The van der Waals surface area contributed by atoms with Crippen molar-refractivity contribution in [2.75, 3.05) is 11.9 Å². The van der Waals surface area contributed by atoms with Crippen LogP contribution in [0.2, 0.25) is 0 Å². The van der Waals surface area contributed by atoms with Crippen LogP contribution in [0, 0.1) is 0 Å². The van der Waals surface area contributed by atoms with Gasteiger partial charge in [0.25, 0.3) is 5.17 Å². The smallest absolute Gasteiger partial charge is 0.304 e. The molecule has 2 rings (SSSR count). The molecule has 0 aromatic heterocycles. The van der Waals surface area contributed by atoms with E-state index in [-0.39, 0.29) is 11.6 Å². The van der Waals surface area contributed by atoms with Crippen molar-refractivity contribution in [1.82, 2.24) is 5.32 Å². The topological polar surface area (TPSA) is 70.6 Å². The third-order valence-electron chi connectivity index (χ3n) is 3.00. The number of thiocarbonyl (C=S) groups is 1. The Labute approximate surface area is 140 Å². The van der Waals surface area contributed by atoms with Gasteiger partial charge in [-0.3, -0.25) is 4.79 Å². The molecule has 3 N–H and O–H groups in total. The molecule has 2 aromatic carbocycles. The Morgan fingerprint density at radius 2 is 1.78 bits per heavy atom. The quantitative estimate of drug-likeness (QED) is 0.535. The molecule has 0 fully saturated rings. The van der Waals surface area contributed by atoms with E-state index >= 15 is 0 Å². The summed E-state index contributed by atoms with van der Waals surface area (Å²) < 4.78 is 5.55. The third-order valence-corrected chi connectivity index (χ3v) is 3.18. The number of aliphatic carboxylic acids is 1. The second-order valence-electron chi connectivity index (χ2n) is 4.85. The molecule has 5 nitrogen and oxygen atoms in total. The molecule has 0 bridgehead atoms. The zero-order valence-electron chi connectivity index (χ0n) is 12.5. The summed E-state index contributed by atoms with van der Waals surface area (Å²) >= 11 is 5.16. The second kappa shape index (κ2) is 8.87. The molecule has 0 unspecified atom stereocenters. The monoisotopic (exact) mass is 330 g/mol. The van der Waals surface area contributed by atoms with Crippen molar-refractivity contribution in [1.29, 1.82) is 0 Å². The van der Waals surface area contributed by atoms with Gasteiger partial charge < -0.3 is 20.5 Å². The van der Waals surface area contributed by atoms with Crippen LogP contribution in [0.3, 0.4) is 0 Å². The summed E-state index contributed by atoms with van der Waals surface area (Å²) in [4.78, 5) is 10.4. The van der Waals surface area contributed by atoms with Gasteiger partial charge in [-0.2, -0.15) is 0 Å². The molecule has 0 radical (unpaired) electrons. The van der Waals surface area contributed by atoms with Gasteiger partial charge in [-0.05, 0) is 42.0 Å². The summed E-state index contributed by atoms with van der Waals surface area (Å²) in [5.41, 5.74) is 1.92. The van der Waals surface area contributed by atoms with Crippen molar-refractivity contribution in [2.45, 2.75) is 13.0 Å². The molecule has 0 aliphatic carbocycles. The largest absolute Gasteiger partial charge is 0.481 e. The first kappa shape index (κ1) is 16.9. The van der Waals surface area contributed by atoms with Crippen LogP contribution in [0.4, 0.5) is 5.69 Å². The zero-order chi connectivity index (χ0) is 16.5. The van der Waals surface area contributed by atoms with Gasteiger partial charge in [0, 0.05) is 18.8 Å². The molecule has 0 saturated carbocycles. The number of ether oxygens (including phenoxy) is 1. The van der Waals surface area contributed by atoms with Crippen LogP contribution in [0.15, 0.2) is 54.6 Å². The Morgan fingerprint density at radius 3 is 2.43 bits per heavy atom. The van der Waals surface area contributed by atoms with Crippen molar-refractivity contribution in [3.63, 3.8) is 0 Å². The standard InChI is InChI=1S/C17H18N2O3S/c20-16(21)10-11-18-12-13-6-8-15(9-7-13)22-17(23)19-14-4-2-1-3-5-14/h1-9,18H,10-12H2,(H,19,23)(H,20,21). The van der Waals surface area contributed by atoms with E-state index in [0.717, 1.165) is 11.3 Å². The van der Waals surface area contributed by atoms with E-state index < -0.39 is 5.97 Å². The van der Waals surface area contributed by atoms with Crippen LogP contribution in [0.1, 0.15) is 12.0 Å². The van der Waals surface area contributed by atoms with E-state index in [1.165, 1.54) is 0 Å². The molecule has 23 heavy (non-hydrogen) atoms. The fraction of sp³-hybridized carbons (Fsp3) is 0.176. The highest BCUT2D eigenvalue weighted by atomic mass is 32.1. The van der Waals surface area contributed by atoms with Crippen molar-refractivity contribution < 1.29 is 14.6 Å². The molecular formula is C17H18N2O3S. The van der Waals surface area contributed by atoms with Crippen molar-refractivity contribution in [3.8, 4) is 5.75 Å². The lowest BCUT2D eigenvalue weighted by Crippen LogP contribution is -2.18. The first-order valence-electron chi connectivity index (χ1n) is 7.19. The summed E-state index contributed by atoms with van der Waals surface area (Å²) in [7, 11) is 0. The Kier molecular flexibility index (Phi) is 6.53. The molecule has 0 atom stereocenters. The van der Waals surface area contributed by atoms with E-state index in [0.29, 0.717) is 18.8 Å². The van der Waals surface area contributed by atoms with Crippen LogP contribution < -0.4 is 15.4 Å². The molecule has 0 saturated heterocycles. The van der Waals surface area contributed by atoms with Crippen molar-refractivity contribution in [2.24, 2.45) is 0 Å². The Balaban J connectivity index is 1.78. The fourth-order valence-electron chi connectivity index (χ4n) is 1.88. The van der Waals surface area contributed by atoms with Crippen LogP contribution in [-0.4, -0.2) is 22.8 Å². The van der Waals surface area contributed by atoms with Crippen molar-refractivity contribution in [3.05, 3.63) is 60.2 Å². The van der Waals surface area contributed by atoms with Gasteiger partial charge in [0.1, 0.15) is 5.75 Å². The maximum absolute atomic E-state index is 10.4. The van der Waals surface area contributed by atoms with Crippen molar-refractivity contribution >= 4 is 29.0 Å². The Hall–Kier alpha value is -2.44. The van der Waals surface area contributed by atoms with Gasteiger partial charge in [0.05, 0.1) is 6.42 Å². The molecule has 0 aliphatic rings. The van der Waals surface area contributed by atoms with E-state index in [4.69, 9.17) is 22.1 Å². The van der Waals surface area contributed by atoms with Crippen LogP contribution in [0.25, 0.3) is 0 Å². The number of hydrogen-bond donors (Lipinski definition) is 3. The van der Waals surface area contributed by atoms with E-state index in [1.807, 2.05) is 54.6 Å². The zero-order valence-corrected chi connectivity index (χ0v) is 13.3. The fourth-order valence-corrected chi connectivity index (χ4v) is 2.09. The minimum absolute atomic E-state index is 0.112. The maximum Gasteiger partial charge on any atom is 0.304 e. The van der Waals surface area contributed by atoms with Gasteiger partial charge in [-0.25, -0.2) is 0 Å². The average Bonchev–Trinajstić information content (AvgIpc) is 2.54. The number of carboxylic acid groups (broad SMARTS) is 1. The summed E-state index contributed by atoms with van der Waals surface area (Å²) in [6.07, 6.45) is 0.112. The number of carbonyl (C=O) groups is 1. The lowest BCUT2D eigenvalue weighted by molar-refractivity contribution is -0.136. The molecular weight excluding hydrogens is 312 g/mol. The van der Waals surface area contributed by atoms with Gasteiger partial charge in [0.15, 0.2) is 0 Å². The number of benzene rings is 2. The Morgan fingerprint density at radius 1 is 1.09 bits per heavy atom. The van der Waals surface area contributed by atoms with Gasteiger partial charge in [-0.1, -0.05) is 30.3 Å². The molecule has 0 spiro atoms. The summed E-state index contributed by atoms with van der Waals surface area (Å²) in [5, 5.41) is 14.9. The minimum atomic E-state index is -0.805. The normalized spacial score (nSPS) is 10.1. The number of hydrogen-bond acceptors (Lipinski definition) is 4. The molecule has 0 aliphatic heterocycles. The average molecular weight is 330 g/mol. The van der Waals surface area contributed by atoms with Crippen LogP contribution in [0.5, 0.6) is 5.75 Å². The Bertz CT molecular complexity index is 645. The SMILES string of the molecule is O=C(O)CCNCc1ccc(OC(=S)Nc2ccccc2)cc1. The summed E-state index contributed by atoms with van der Waals surface area (Å²) in [5.74, 6) is -0.159. The molecule has 0 heterocycles. The molecule has 0 amide bonds. The van der Waals surface area contributed by atoms with Gasteiger partial charge in [0.2, 0.25) is 0 Å². The second-order valence-corrected chi connectivity index (χ2v) is 5.22. The van der Waals surface area contributed by atoms with Crippen LogP contribution >= 0.6 is 12.2 Å². The number of rotatable bonds is 7. The summed E-state index contributed by atoms with van der Waals surface area (Å²) in [6, 6.07) is 17.0. The first-order chi connectivity index (χ1) is 11.1. The number of carboxylic acids is 1. The third kappa shape index (κ3) is 6.46. The predicted molar refractivity (Wildman–Crippen MR) is 93.7 cm³/mol. The highest BCUT2D eigenvalue weighted by Gasteiger charge is 2.02. The maximum atomic E-state index is 10.4. The minimum Gasteiger partial charge on any atom is -0.481 e. The number of para-hydroxylation sites is 1. The summed E-state index contributed by atoms with van der Waals surface area (Å²) in [6.45, 7) is 1.05. The van der Waals surface area contributed by atoms with Gasteiger partial charge in [-0.15, -0.1) is 0 Å². The predicted octanol–water partition coefficient (Wildman–Crippen LogP) is 3.03. The lowest BCUT2D eigenvalue weighted by Gasteiger charge is -2.10. The molecule has 6 heteroatoms. The first-order valence-corrected chi connectivity index (χ1v) is 7.59. The highest BCUT2D eigenvalue weighted by Crippen LogP contribution is 2.14. The van der Waals surface area contributed by atoms with Gasteiger partial charge >= 0.3 is 5.97 Å². The van der Waals surface area contributed by atoms with E-state index in [1.54, 1.807) is 0 Å².